The topological polar surface area (TPSA) is 51.2 Å². The molecule has 5 heteroatoms. The van der Waals surface area contributed by atoms with Crippen molar-refractivity contribution < 1.29 is 9.53 Å². The van der Waals surface area contributed by atoms with Crippen LogP contribution < -0.4 is 5.32 Å². The highest BCUT2D eigenvalue weighted by Crippen LogP contribution is 2.32. The van der Waals surface area contributed by atoms with E-state index in [1.54, 1.807) is 13.1 Å². The molecular weight excluding hydrogens is 404 g/mol. The fraction of sp³-hybridized carbons (Fsp3) is 0.273. The summed E-state index contributed by atoms with van der Waals surface area (Å²) >= 11 is 3.50. The van der Waals surface area contributed by atoms with Crippen molar-refractivity contribution in [1.29, 1.82) is 0 Å². The van der Waals surface area contributed by atoms with Gasteiger partial charge >= 0.3 is 5.97 Å². The first-order chi connectivity index (χ1) is 12.8. The number of hydrogen-bond donors (Lipinski definition) is 1. The number of carbonyl (C=O) groups is 1. The summed E-state index contributed by atoms with van der Waals surface area (Å²) in [6, 6.07) is 14.1. The zero-order valence-corrected chi connectivity index (χ0v) is 17.6. The number of nitrogens with one attached hydrogen (secondary N) is 1. The van der Waals surface area contributed by atoms with E-state index in [9.17, 15) is 4.79 Å². The van der Waals surface area contributed by atoms with Crippen LogP contribution in [-0.4, -0.2) is 17.6 Å². The van der Waals surface area contributed by atoms with Crippen LogP contribution in [0.15, 0.2) is 53.1 Å². The Labute approximate surface area is 168 Å². The van der Waals surface area contributed by atoms with Gasteiger partial charge in [0.15, 0.2) is 0 Å². The van der Waals surface area contributed by atoms with Crippen LogP contribution in [0.3, 0.4) is 0 Å². The van der Waals surface area contributed by atoms with Gasteiger partial charge in [0.2, 0.25) is 0 Å². The monoisotopic (exact) mass is 426 g/mol. The number of nitrogens with zero attached hydrogens (tertiary/aromatic N) is 1. The molecular formula is C22H23BrN2O2. The number of aromatic nitrogens is 1. The summed E-state index contributed by atoms with van der Waals surface area (Å²) in [6.45, 7) is 8.66. The lowest BCUT2D eigenvalue weighted by Gasteiger charge is -2.20. The van der Waals surface area contributed by atoms with Gasteiger partial charge in [-0.25, -0.2) is 4.79 Å². The summed E-state index contributed by atoms with van der Waals surface area (Å²) in [7, 11) is 0. The number of halogens is 1. The molecule has 1 heterocycles. The minimum Gasteiger partial charge on any atom is -0.462 e. The van der Waals surface area contributed by atoms with E-state index in [2.05, 4.69) is 59.1 Å². The first-order valence-electron chi connectivity index (χ1n) is 8.92. The van der Waals surface area contributed by atoms with Gasteiger partial charge in [-0.2, -0.15) is 0 Å². The Morgan fingerprint density at radius 1 is 1.15 bits per heavy atom. The summed E-state index contributed by atoms with van der Waals surface area (Å²) in [6.07, 6.45) is 1.57. The molecule has 0 amide bonds. The van der Waals surface area contributed by atoms with Gasteiger partial charge in [-0.15, -0.1) is 0 Å². The average Bonchev–Trinajstić information content (AvgIpc) is 2.62. The Bertz CT molecular complexity index is 976. The third kappa shape index (κ3) is 4.30. The standard InChI is InChI=1S/C22H23BrN2O2/c1-5-27-21(26)18-13-24-19-11-8-15(23)12-17(19)20(18)25-16-9-6-14(7-10-16)22(2,3)4/h6-13H,5H2,1-4H3,(H,24,25). The normalized spacial score (nSPS) is 11.4. The minimum absolute atomic E-state index is 0.0862. The first kappa shape index (κ1) is 19.4. The molecule has 0 aliphatic carbocycles. The number of ether oxygens (including phenoxy) is 1. The number of hydrogen-bond acceptors (Lipinski definition) is 4. The lowest BCUT2D eigenvalue weighted by atomic mass is 9.87. The Balaban J connectivity index is 2.08. The number of pyridine rings is 1. The van der Waals surface area contributed by atoms with E-state index in [-0.39, 0.29) is 11.4 Å². The van der Waals surface area contributed by atoms with E-state index < -0.39 is 0 Å². The number of benzene rings is 2. The summed E-state index contributed by atoms with van der Waals surface area (Å²) in [5, 5.41) is 4.26. The van der Waals surface area contributed by atoms with Crippen molar-refractivity contribution in [2.45, 2.75) is 33.1 Å². The molecule has 0 unspecified atom stereocenters. The van der Waals surface area contributed by atoms with Crippen LogP contribution in [0.1, 0.15) is 43.6 Å². The Kier molecular flexibility index (Phi) is 5.51. The second-order valence-corrected chi connectivity index (χ2v) is 8.30. The van der Waals surface area contributed by atoms with Crippen molar-refractivity contribution in [3.8, 4) is 0 Å². The van der Waals surface area contributed by atoms with Gasteiger partial charge in [-0.05, 0) is 48.2 Å². The Morgan fingerprint density at radius 2 is 1.85 bits per heavy atom. The van der Waals surface area contributed by atoms with E-state index in [0.29, 0.717) is 17.9 Å². The summed E-state index contributed by atoms with van der Waals surface area (Å²) in [4.78, 5) is 16.9. The number of rotatable bonds is 4. The van der Waals surface area contributed by atoms with E-state index >= 15 is 0 Å². The van der Waals surface area contributed by atoms with Crippen molar-refractivity contribution in [3.63, 3.8) is 0 Å². The van der Waals surface area contributed by atoms with Crippen LogP contribution in [0.25, 0.3) is 10.9 Å². The first-order valence-corrected chi connectivity index (χ1v) is 9.72. The number of carbonyl (C=O) groups excluding carboxylic acids is 1. The second-order valence-electron chi connectivity index (χ2n) is 7.38. The molecule has 3 rings (SSSR count). The highest BCUT2D eigenvalue weighted by molar-refractivity contribution is 9.10. The van der Waals surface area contributed by atoms with Crippen LogP contribution in [-0.2, 0) is 10.2 Å². The third-order valence-electron chi connectivity index (χ3n) is 4.35. The molecule has 0 bridgehead atoms. The lowest BCUT2D eigenvalue weighted by Crippen LogP contribution is -2.11. The fourth-order valence-electron chi connectivity index (χ4n) is 2.86. The zero-order valence-electron chi connectivity index (χ0n) is 16.0. The van der Waals surface area contributed by atoms with Gasteiger partial charge in [0, 0.05) is 21.7 Å². The van der Waals surface area contributed by atoms with Crippen LogP contribution in [0, 0.1) is 0 Å². The number of fused-ring (bicyclic) bond motifs is 1. The number of esters is 1. The Hall–Kier alpha value is -2.40. The molecule has 0 spiro atoms. The van der Waals surface area contributed by atoms with E-state index in [1.165, 1.54) is 5.56 Å². The highest BCUT2D eigenvalue weighted by atomic mass is 79.9. The molecule has 0 aliphatic rings. The van der Waals surface area contributed by atoms with Gasteiger partial charge in [-0.3, -0.25) is 4.98 Å². The van der Waals surface area contributed by atoms with Gasteiger partial charge in [0.05, 0.1) is 17.8 Å². The smallest absolute Gasteiger partial charge is 0.341 e. The largest absolute Gasteiger partial charge is 0.462 e. The average molecular weight is 427 g/mol. The molecule has 1 aromatic heterocycles. The summed E-state index contributed by atoms with van der Waals surface area (Å²) < 4.78 is 6.14. The van der Waals surface area contributed by atoms with Crippen molar-refractivity contribution >= 4 is 44.2 Å². The third-order valence-corrected chi connectivity index (χ3v) is 4.84. The van der Waals surface area contributed by atoms with Crippen molar-refractivity contribution in [2.75, 3.05) is 11.9 Å². The molecule has 4 nitrogen and oxygen atoms in total. The predicted octanol–water partition coefficient (Wildman–Crippen LogP) is 6.22. The van der Waals surface area contributed by atoms with Gasteiger partial charge in [-0.1, -0.05) is 48.8 Å². The Morgan fingerprint density at radius 3 is 2.48 bits per heavy atom. The SMILES string of the molecule is CCOC(=O)c1cnc2ccc(Br)cc2c1Nc1ccc(C(C)(C)C)cc1. The predicted molar refractivity (Wildman–Crippen MR) is 114 cm³/mol. The quantitative estimate of drug-likeness (QED) is 0.503. The van der Waals surface area contributed by atoms with Gasteiger partial charge in [0.1, 0.15) is 5.56 Å². The summed E-state index contributed by atoms with van der Waals surface area (Å²) in [5.74, 6) is -0.388. The molecule has 3 aromatic rings. The van der Waals surface area contributed by atoms with Crippen LogP contribution in [0.4, 0.5) is 11.4 Å². The van der Waals surface area contributed by atoms with Crippen molar-refractivity contribution in [1.82, 2.24) is 4.98 Å². The molecule has 0 fully saturated rings. The lowest BCUT2D eigenvalue weighted by molar-refractivity contribution is 0.0527. The molecule has 140 valence electrons. The summed E-state index contributed by atoms with van der Waals surface area (Å²) in [5.41, 5.74) is 4.16. The minimum atomic E-state index is -0.388. The maximum absolute atomic E-state index is 12.5. The van der Waals surface area contributed by atoms with Crippen LogP contribution in [0.2, 0.25) is 0 Å². The maximum atomic E-state index is 12.5. The molecule has 0 radical (unpaired) electrons. The van der Waals surface area contributed by atoms with Crippen LogP contribution >= 0.6 is 15.9 Å². The van der Waals surface area contributed by atoms with E-state index in [0.717, 1.165) is 21.1 Å². The van der Waals surface area contributed by atoms with Crippen molar-refractivity contribution in [2.24, 2.45) is 0 Å². The molecule has 1 N–H and O–H groups in total. The molecule has 0 atom stereocenters. The van der Waals surface area contributed by atoms with E-state index in [4.69, 9.17) is 4.74 Å². The molecule has 2 aromatic carbocycles. The van der Waals surface area contributed by atoms with Gasteiger partial charge in [0.25, 0.3) is 0 Å². The maximum Gasteiger partial charge on any atom is 0.341 e. The molecule has 0 aliphatic heterocycles. The van der Waals surface area contributed by atoms with E-state index in [1.807, 2.05) is 30.3 Å². The molecule has 0 saturated heterocycles. The van der Waals surface area contributed by atoms with Gasteiger partial charge < -0.3 is 10.1 Å². The van der Waals surface area contributed by atoms with Crippen molar-refractivity contribution in [3.05, 3.63) is 64.3 Å². The number of anilines is 2. The molecule has 27 heavy (non-hydrogen) atoms. The molecule has 0 saturated carbocycles. The second kappa shape index (κ2) is 7.69. The zero-order chi connectivity index (χ0) is 19.6. The highest BCUT2D eigenvalue weighted by Gasteiger charge is 2.18. The van der Waals surface area contributed by atoms with Crippen LogP contribution in [0.5, 0.6) is 0 Å². The fourth-order valence-corrected chi connectivity index (χ4v) is 3.22.